The third-order valence-electron chi connectivity index (χ3n) is 4.38. The number of benzene rings is 1. The number of nitrogens with zero attached hydrogens (tertiary/aromatic N) is 1. The van der Waals surface area contributed by atoms with Crippen LogP contribution in [0.2, 0.25) is 0 Å². The second-order valence-electron chi connectivity index (χ2n) is 6.05. The van der Waals surface area contributed by atoms with Crippen LogP contribution in [0.5, 0.6) is 0 Å². The molecule has 0 unspecified atom stereocenters. The summed E-state index contributed by atoms with van der Waals surface area (Å²) in [4.78, 5) is 2.32. The highest BCUT2D eigenvalue weighted by atomic mass is 32.2. The lowest BCUT2D eigenvalue weighted by atomic mass is 10.0. The number of nitrogens with one attached hydrogen (secondary N) is 2. The van der Waals surface area contributed by atoms with Gasteiger partial charge >= 0.3 is 0 Å². The van der Waals surface area contributed by atoms with Gasteiger partial charge in [-0.1, -0.05) is 6.92 Å². The van der Waals surface area contributed by atoms with E-state index in [0.717, 1.165) is 31.6 Å². The van der Waals surface area contributed by atoms with Crippen LogP contribution in [-0.2, 0) is 19.5 Å². The summed E-state index contributed by atoms with van der Waals surface area (Å²) in [7, 11) is -3.44. The molecule has 0 aromatic heterocycles. The summed E-state index contributed by atoms with van der Waals surface area (Å²) in [6.07, 6.45) is 1.57. The number of sulfonamides is 1. The van der Waals surface area contributed by atoms with Gasteiger partial charge in [-0.2, -0.15) is 0 Å². The SMILES string of the molecule is CCNS(=O)(=O)c1ccc(NC(=S)N2CCC3(CC2)OCCO3)cc1. The van der Waals surface area contributed by atoms with Gasteiger partial charge in [0.1, 0.15) is 0 Å². The lowest BCUT2D eigenvalue weighted by Crippen LogP contribution is -2.48. The van der Waals surface area contributed by atoms with Crippen LogP contribution in [0.25, 0.3) is 0 Å². The maximum absolute atomic E-state index is 11.9. The molecule has 138 valence electrons. The van der Waals surface area contributed by atoms with Crippen molar-refractivity contribution in [2.75, 3.05) is 38.2 Å². The highest BCUT2D eigenvalue weighted by molar-refractivity contribution is 7.89. The van der Waals surface area contributed by atoms with Gasteiger partial charge in [-0.25, -0.2) is 13.1 Å². The normalized spacial score (nSPS) is 20.0. The standard InChI is InChI=1S/C16H23N3O4S2/c1-2-17-25(20,21)14-5-3-13(4-6-14)18-15(24)19-9-7-16(8-10-19)22-11-12-23-16/h3-6,17H,2,7-12H2,1H3,(H,18,24). The molecule has 7 nitrogen and oxygen atoms in total. The molecule has 2 aliphatic rings. The van der Waals surface area contributed by atoms with Crippen molar-refractivity contribution in [2.45, 2.75) is 30.4 Å². The van der Waals surface area contributed by atoms with Gasteiger partial charge in [0.05, 0.1) is 18.1 Å². The van der Waals surface area contributed by atoms with E-state index in [1.807, 2.05) is 0 Å². The Bertz CT molecular complexity index is 705. The van der Waals surface area contributed by atoms with Crippen molar-refractivity contribution in [1.82, 2.24) is 9.62 Å². The predicted octanol–water partition coefficient (Wildman–Crippen LogP) is 1.52. The molecule has 0 aliphatic carbocycles. The van der Waals surface area contributed by atoms with Gasteiger partial charge in [-0.05, 0) is 36.5 Å². The average Bonchev–Trinajstić information content (AvgIpc) is 3.04. The fourth-order valence-corrected chi connectivity index (χ4v) is 4.37. The number of hydrogen-bond acceptors (Lipinski definition) is 5. The minimum Gasteiger partial charge on any atom is -0.349 e. The largest absolute Gasteiger partial charge is 0.349 e. The molecule has 3 rings (SSSR count). The second kappa shape index (κ2) is 7.55. The Labute approximate surface area is 153 Å². The maximum Gasteiger partial charge on any atom is 0.240 e. The molecule has 2 heterocycles. The van der Waals surface area contributed by atoms with Gasteiger partial charge in [-0.3, -0.25) is 0 Å². The van der Waals surface area contributed by atoms with Crippen molar-refractivity contribution in [1.29, 1.82) is 0 Å². The Morgan fingerprint density at radius 2 is 1.80 bits per heavy atom. The number of likely N-dealkylation sites (tertiary alicyclic amines) is 1. The Hall–Kier alpha value is -1.26. The number of piperidine rings is 1. The van der Waals surface area contributed by atoms with Gasteiger partial charge in [-0.15, -0.1) is 0 Å². The molecule has 25 heavy (non-hydrogen) atoms. The number of thiocarbonyl (C=S) groups is 1. The Balaban J connectivity index is 1.56. The fraction of sp³-hybridized carbons (Fsp3) is 0.562. The topological polar surface area (TPSA) is 79.9 Å². The molecule has 9 heteroatoms. The highest BCUT2D eigenvalue weighted by Gasteiger charge is 2.40. The summed E-state index contributed by atoms with van der Waals surface area (Å²) in [5, 5.41) is 3.78. The molecule has 0 amide bonds. The quantitative estimate of drug-likeness (QED) is 0.761. The molecule has 0 radical (unpaired) electrons. The molecule has 1 aromatic carbocycles. The summed E-state index contributed by atoms with van der Waals surface area (Å²) in [6.45, 7) is 4.94. The number of rotatable bonds is 4. The summed E-state index contributed by atoms with van der Waals surface area (Å²) >= 11 is 5.47. The van der Waals surface area contributed by atoms with Crippen LogP contribution in [0.1, 0.15) is 19.8 Å². The maximum atomic E-state index is 11.9. The molecule has 1 aromatic rings. The molecule has 0 atom stereocenters. The predicted molar refractivity (Wildman–Crippen MR) is 99.0 cm³/mol. The summed E-state index contributed by atoms with van der Waals surface area (Å²) in [5.41, 5.74) is 0.758. The molecular weight excluding hydrogens is 362 g/mol. The van der Waals surface area contributed by atoms with Crippen LogP contribution in [0.4, 0.5) is 5.69 Å². The molecule has 2 fully saturated rings. The first-order chi connectivity index (χ1) is 11.9. The zero-order chi connectivity index (χ0) is 17.9. The van der Waals surface area contributed by atoms with E-state index >= 15 is 0 Å². The van der Waals surface area contributed by atoms with E-state index in [2.05, 4.69) is 14.9 Å². The van der Waals surface area contributed by atoms with Crippen LogP contribution in [0.3, 0.4) is 0 Å². The summed E-state index contributed by atoms with van der Waals surface area (Å²) < 4.78 is 37.8. The molecule has 2 aliphatic heterocycles. The van der Waals surface area contributed by atoms with Crippen molar-refractivity contribution in [3.8, 4) is 0 Å². The zero-order valence-electron chi connectivity index (χ0n) is 14.2. The lowest BCUT2D eigenvalue weighted by molar-refractivity contribution is -0.180. The molecule has 2 N–H and O–H groups in total. The summed E-state index contributed by atoms with van der Waals surface area (Å²) in [5.74, 6) is -0.422. The Morgan fingerprint density at radius 3 is 2.36 bits per heavy atom. The van der Waals surface area contributed by atoms with Crippen LogP contribution < -0.4 is 10.0 Å². The van der Waals surface area contributed by atoms with Crippen molar-refractivity contribution in [2.24, 2.45) is 0 Å². The van der Waals surface area contributed by atoms with Crippen molar-refractivity contribution in [3.63, 3.8) is 0 Å². The first-order valence-corrected chi connectivity index (χ1v) is 10.3. The Kier molecular flexibility index (Phi) is 5.59. The van der Waals surface area contributed by atoms with Gasteiger partial charge in [0.15, 0.2) is 10.9 Å². The van der Waals surface area contributed by atoms with Crippen molar-refractivity contribution >= 4 is 33.0 Å². The van der Waals surface area contributed by atoms with Gasteiger partial charge in [0.25, 0.3) is 0 Å². The second-order valence-corrected chi connectivity index (χ2v) is 8.20. The fourth-order valence-electron chi connectivity index (χ4n) is 3.03. The van der Waals surface area contributed by atoms with E-state index < -0.39 is 15.8 Å². The molecule has 2 saturated heterocycles. The Morgan fingerprint density at radius 1 is 1.20 bits per heavy atom. The van der Waals surface area contributed by atoms with Crippen LogP contribution >= 0.6 is 12.2 Å². The zero-order valence-corrected chi connectivity index (χ0v) is 15.8. The van der Waals surface area contributed by atoms with Crippen LogP contribution in [0.15, 0.2) is 29.2 Å². The number of hydrogen-bond donors (Lipinski definition) is 2. The third kappa shape index (κ3) is 4.29. The van der Waals surface area contributed by atoms with Crippen molar-refractivity contribution < 1.29 is 17.9 Å². The summed E-state index contributed by atoms with van der Waals surface area (Å²) in [6, 6.07) is 6.55. The number of anilines is 1. The monoisotopic (exact) mass is 385 g/mol. The third-order valence-corrected chi connectivity index (χ3v) is 6.30. The van der Waals surface area contributed by atoms with E-state index in [1.54, 1.807) is 31.2 Å². The number of ether oxygens (including phenoxy) is 2. The van der Waals surface area contributed by atoms with E-state index in [-0.39, 0.29) is 4.90 Å². The van der Waals surface area contributed by atoms with E-state index in [0.29, 0.717) is 24.9 Å². The molecule has 1 spiro atoms. The lowest BCUT2D eigenvalue weighted by Gasteiger charge is -2.38. The van der Waals surface area contributed by atoms with Gasteiger partial charge < -0.3 is 19.7 Å². The van der Waals surface area contributed by atoms with E-state index in [9.17, 15) is 8.42 Å². The van der Waals surface area contributed by atoms with E-state index in [4.69, 9.17) is 21.7 Å². The minimum absolute atomic E-state index is 0.237. The smallest absolute Gasteiger partial charge is 0.240 e. The average molecular weight is 386 g/mol. The van der Waals surface area contributed by atoms with E-state index in [1.165, 1.54) is 0 Å². The van der Waals surface area contributed by atoms with Gasteiger partial charge in [0, 0.05) is 38.2 Å². The highest BCUT2D eigenvalue weighted by Crippen LogP contribution is 2.31. The first kappa shape index (κ1) is 18.5. The minimum atomic E-state index is -3.44. The van der Waals surface area contributed by atoms with Gasteiger partial charge in [0.2, 0.25) is 10.0 Å². The molecule has 0 bridgehead atoms. The first-order valence-electron chi connectivity index (χ1n) is 8.38. The molecule has 0 saturated carbocycles. The van der Waals surface area contributed by atoms with Crippen molar-refractivity contribution in [3.05, 3.63) is 24.3 Å². The van der Waals surface area contributed by atoms with Crippen LogP contribution in [0, 0.1) is 0 Å². The van der Waals surface area contributed by atoms with Crippen LogP contribution in [-0.4, -0.2) is 57.1 Å². The molecular formula is C16H23N3O4S2.